The van der Waals surface area contributed by atoms with E-state index in [0.29, 0.717) is 11.9 Å². The highest BCUT2D eigenvalue weighted by Gasteiger charge is 2.33. The lowest BCUT2D eigenvalue weighted by molar-refractivity contribution is 0.209. The van der Waals surface area contributed by atoms with Gasteiger partial charge in [0, 0.05) is 25.6 Å². The number of likely N-dealkylation sites (tertiary alicyclic amines) is 1. The lowest BCUT2D eigenvalue weighted by Gasteiger charge is -2.20. The van der Waals surface area contributed by atoms with Crippen LogP contribution in [-0.2, 0) is 7.05 Å². The maximum atomic E-state index is 12.4. The molecule has 1 aliphatic heterocycles. The summed E-state index contributed by atoms with van der Waals surface area (Å²) in [5.74, 6) is 0.733. The average molecular weight is 299 g/mol. The molecule has 0 aliphatic carbocycles. The first-order valence-corrected chi connectivity index (χ1v) is 7.53. The molecule has 1 aromatic heterocycles. The van der Waals surface area contributed by atoms with Crippen LogP contribution in [0.2, 0.25) is 0 Å². The Bertz CT molecular complexity index is 663. The molecule has 0 radical (unpaired) electrons. The van der Waals surface area contributed by atoms with Crippen LogP contribution < -0.4 is 5.32 Å². The minimum absolute atomic E-state index is 0.131. The fourth-order valence-corrected chi connectivity index (χ4v) is 2.96. The number of amides is 2. The van der Waals surface area contributed by atoms with E-state index < -0.39 is 0 Å². The molecule has 1 fully saturated rings. The Hall–Kier alpha value is -2.37. The van der Waals surface area contributed by atoms with Crippen molar-refractivity contribution in [3.63, 3.8) is 0 Å². The van der Waals surface area contributed by atoms with E-state index in [1.807, 2.05) is 4.90 Å². The van der Waals surface area contributed by atoms with Crippen molar-refractivity contribution in [1.82, 2.24) is 19.7 Å². The molecule has 6 heteroatoms. The van der Waals surface area contributed by atoms with Gasteiger partial charge in [0.2, 0.25) is 5.95 Å². The summed E-state index contributed by atoms with van der Waals surface area (Å²) < 4.78 is 1.57. The summed E-state index contributed by atoms with van der Waals surface area (Å²) in [6.45, 7) is 4.89. The molecule has 1 aliphatic rings. The third-order valence-electron chi connectivity index (χ3n) is 4.20. The molecule has 0 saturated carbocycles. The summed E-state index contributed by atoms with van der Waals surface area (Å²) in [7, 11) is 1.77. The average Bonchev–Trinajstić information content (AvgIpc) is 3.06. The third kappa shape index (κ3) is 2.95. The summed E-state index contributed by atoms with van der Waals surface area (Å²) in [6, 6.07) is 8.65. The van der Waals surface area contributed by atoms with Gasteiger partial charge in [0.1, 0.15) is 6.33 Å². The van der Waals surface area contributed by atoms with Crippen molar-refractivity contribution in [2.45, 2.75) is 32.2 Å². The van der Waals surface area contributed by atoms with Gasteiger partial charge in [-0.25, -0.2) is 9.78 Å². The van der Waals surface area contributed by atoms with E-state index in [1.54, 1.807) is 18.1 Å². The van der Waals surface area contributed by atoms with Gasteiger partial charge in [0.15, 0.2) is 0 Å². The van der Waals surface area contributed by atoms with Gasteiger partial charge in [-0.3, -0.25) is 10.00 Å². The van der Waals surface area contributed by atoms with E-state index in [4.69, 9.17) is 0 Å². The largest absolute Gasteiger partial charge is 0.324 e. The lowest BCUT2D eigenvalue weighted by atomic mass is 9.96. The molecular formula is C16H21N5O. The van der Waals surface area contributed by atoms with Crippen LogP contribution in [0.3, 0.4) is 0 Å². The Kier molecular flexibility index (Phi) is 3.83. The summed E-state index contributed by atoms with van der Waals surface area (Å²) in [5.41, 5.74) is 2.55. The van der Waals surface area contributed by atoms with Crippen LogP contribution in [-0.4, -0.2) is 38.3 Å². The molecule has 2 atom stereocenters. The van der Waals surface area contributed by atoms with E-state index >= 15 is 0 Å². The first kappa shape index (κ1) is 14.6. The summed E-state index contributed by atoms with van der Waals surface area (Å²) >= 11 is 0. The molecule has 1 aromatic carbocycles. The van der Waals surface area contributed by atoms with Crippen LogP contribution in [0.1, 0.15) is 30.4 Å². The van der Waals surface area contributed by atoms with Gasteiger partial charge in [-0.1, -0.05) is 29.8 Å². The number of carbonyl (C=O) groups is 1. The van der Waals surface area contributed by atoms with Gasteiger partial charge in [-0.05, 0) is 25.8 Å². The highest BCUT2D eigenvalue weighted by molar-refractivity contribution is 5.87. The molecule has 1 saturated heterocycles. The topological polar surface area (TPSA) is 63.1 Å². The van der Waals surface area contributed by atoms with Gasteiger partial charge in [0.05, 0.1) is 0 Å². The van der Waals surface area contributed by atoms with Gasteiger partial charge in [0.25, 0.3) is 0 Å². The van der Waals surface area contributed by atoms with E-state index in [-0.39, 0.29) is 12.1 Å². The maximum Gasteiger partial charge on any atom is 0.324 e. The number of anilines is 1. The van der Waals surface area contributed by atoms with Gasteiger partial charge >= 0.3 is 6.03 Å². The summed E-state index contributed by atoms with van der Waals surface area (Å²) in [6.07, 6.45) is 2.55. The lowest BCUT2D eigenvalue weighted by Crippen LogP contribution is -2.37. The molecule has 0 bridgehead atoms. The monoisotopic (exact) mass is 299 g/mol. The number of rotatable bonds is 2. The van der Waals surface area contributed by atoms with Crippen molar-refractivity contribution in [2.75, 3.05) is 11.9 Å². The molecule has 1 N–H and O–H groups in total. The Morgan fingerprint density at radius 3 is 2.68 bits per heavy atom. The van der Waals surface area contributed by atoms with Gasteiger partial charge in [-0.15, -0.1) is 5.10 Å². The number of hydrogen-bond acceptors (Lipinski definition) is 3. The van der Waals surface area contributed by atoms with Crippen molar-refractivity contribution in [2.24, 2.45) is 7.05 Å². The summed E-state index contributed by atoms with van der Waals surface area (Å²) in [4.78, 5) is 18.3. The standard InChI is InChI=1S/C16H21N5O/c1-11-4-6-13(7-5-11)14-8-12(2)21(9-14)16(22)18-15-17-10-20(3)19-15/h4-7,10,12,14H,8-9H2,1-3H3,(H,18,19,22). The third-order valence-corrected chi connectivity index (χ3v) is 4.20. The zero-order valence-electron chi connectivity index (χ0n) is 13.2. The van der Waals surface area contributed by atoms with Crippen molar-refractivity contribution in [3.8, 4) is 0 Å². The molecule has 2 amide bonds. The molecule has 3 rings (SSSR count). The van der Waals surface area contributed by atoms with E-state index in [0.717, 1.165) is 13.0 Å². The fourth-order valence-electron chi connectivity index (χ4n) is 2.96. The van der Waals surface area contributed by atoms with E-state index in [2.05, 4.69) is 53.5 Å². The van der Waals surface area contributed by atoms with Crippen LogP contribution in [0.4, 0.5) is 10.7 Å². The van der Waals surface area contributed by atoms with Crippen LogP contribution in [0.15, 0.2) is 30.6 Å². The highest BCUT2D eigenvalue weighted by Crippen LogP contribution is 2.31. The summed E-state index contributed by atoms with van der Waals surface area (Å²) in [5, 5.41) is 6.84. The molecule has 6 nitrogen and oxygen atoms in total. The molecular weight excluding hydrogens is 278 g/mol. The predicted molar refractivity (Wildman–Crippen MR) is 84.7 cm³/mol. The Labute approximate surface area is 130 Å². The first-order valence-electron chi connectivity index (χ1n) is 7.53. The van der Waals surface area contributed by atoms with E-state index in [9.17, 15) is 4.79 Å². The number of nitrogens with zero attached hydrogens (tertiary/aromatic N) is 4. The van der Waals surface area contributed by atoms with Crippen LogP contribution in [0.5, 0.6) is 0 Å². The normalized spacial score (nSPS) is 21.1. The number of aromatic nitrogens is 3. The van der Waals surface area contributed by atoms with E-state index in [1.165, 1.54) is 11.1 Å². The number of hydrogen-bond donors (Lipinski definition) is 1. The van der Waals surface area contributed by atoms with Crippen molar-refractivity contribution >= 4 is 12.0 Å². The number of urea groups is 1. The smallest absolute Gasteiger partial charge is 0.321 e. The Morgan fingerprint density at radius 2 is 2.05 bits per heavy atom. The molecule has 116 valence electrons. The minimum atomic E-state index is -0.131. The van der Waals surface area contributed by atoms with Gasteiger partial charge in [-0.2, -0.15) is 0 Å². The number of carbonyl (C=O) groups excluding carboxylic acids is 1. The zero-order valence-corrected chi connectivity index (χ0v) is 13.2. The van der Waals surface area contributed by atoms with Gasteiger partial charge < -0.3 is 4.90 Å². The molecule has 2 aromatic rings. The molecule has 2 heterocycles. The second-order valence-electron chi connectivity index (χ2n) is 6.02. The Balaban J connectivity index is 1.67. The minimum Gasteiger partial charge on any atom is -0.321 e. The van der Waals surface area contributed by atoms with Crippen molar-refractivity contribution < 1.29 is 4.79 Å². The second kappa shape index (κ2) is 5.79. The maximum absolute atomic E-state index is 12.4. The number of nitrogens with one attached hydrogen (secondary N) is 1. The van der Waals surface area contributed by atoms with Crippen molar-refractivity contribution in [3.05, 3.63) is 41.7 Å². The first-order chi connectivity index (χ1) is 10.5. The molecule has 2 unspecified atom stereocenters. The Morgan fingerprint density at radius 1 is 1.32 bits per heavy atom. The zero-order chi connectivity index (χ0) is 15.7. The van der Waals surface area contributed by atoms with Crippen LogP contribution in [0, 0.1) is 6.92 Å². The van der Waals surface area contributed by atoms with Crippen LogP contribution >= 0.6 is 0 Å². The predicted octanol–water partition coefficient (Wildman–Crippen LogP) is 2.53. The highest BCUT2D eigenvalue weighted by atomic mass is 16.2. The number of benzene rings is 1. The number of aryl methyl sites for hydroxylation is 2. The second-order valence-corrected chi connectivity index (χ2v) is 6.02. The molecule has 0 spiro atoms. The van der Waals surface area contributed by atoms with Crippen molar-refractivity contribution in [1.29, 1.82) is 0 Å². The van der Waals surface area contributed by atoms with Crippen LogP contribution in [0.25, 0.3) is 0 Å². The SMILES string of the molecule is Cc1ccc(C2CC(C)N(C(=O)Nc3ncn(C)n3)C2)cc1. The fraction of sp³-hybridized carbons (Fsp3) is 0.438. The molecule has 22 heavy (non-hydrogen) atoms. The quantitative estimate of drug-likeness (QED) is 0.927.